The molecular weight excluding hydrogens is 306 g/mol. The number of nitrogens with zero attached hydrogens (tertiary/aromatic N) is 1. The predicted octanol–water partition coefficient (Wildman–Crippen LogP) is 0.824. The lowest BCUT2D eigenvalue weighted by molar-refractivity contribution is -0.136. The van der Waals surface area contributed by atoms with Crippen molar-refractivity contribution in [2.75, 3.05) is 13.1 Å². The molecule has 0 saturated carbocycles. The molecule has 0 radical (unpaired) electrons. The molecule has 124 valence electrons. The molecule has 6 nitrogen and oxygen atoms in total. The second-order valence-corrected chi connectivity index (χ2v) is 6.50. The number of hydrogen-bond acceptors (Lipinski definition) is 4. The molecule has 6 heteroatoms. The number of fused-ring (bicyclic) bond motifs is 1. The van der Waals surface area contributed by atoms with Gasteiger partial charge in [-0.1, -0.05) is 23.8 Å². The van der Waals surface area contributed by atoms with Crippen molar-refractivity contribution in [1.29, 1.82) is 0 Å². The van der Waals surface area contributed by atoms with Gasteiger partial charge in [0.2, 0.25) is 11.8 Å². The average Bonchev–Trinajstić information content (AvgIpc) is 3.17. The quantitative estimate of drug-likeness (QED) is 0.789. The Bertz CT molecular complexity index is 761. The van der Waals surface area contributed by atoms with Crippen LogP contribution in [0.1, 0.15) is 40.7 Å². The highest BCUT2D eigenvalue weighted by Gasteiger charge is 2.39. The Hall–Kier alpha value is -2.47. The van der Waals surface area contributed by atoms with E-state index in [1.807, 2.05) is 18.2 Å². The van der Waals surface area contributed by atoms with Crippen LogP contribution in [-0.4, -0.2) is 41.8 Å². The van der Waals surface area contributed by atoms with Crippen molar-refractivity contribution >= 4 is 23.8 Å². The van der Waals surface area contributed by atoms with Gasteiger partial charge in [-0.2, -0.15) is 0 Å². The van der Waals surface area contributed by atoms with E-state index in [1.165, 1.54) is 5.57 Å². The third-order valence-corrected chi connectivity index (χ3v) is 4.95. The van der Waals surface area contributed by atoms with E-state index >= 15 is 0 Å². The molecule has 2 fully saturated rings. The number of carbonyl (C=O) groups excluding carboxylic acids is 3. The van der Waals surface area contributed by atoms with Crippen LogP contribution in [-0.2, 0) is 16.1 Å². The molecule has 1 aromatic rings. The first-order valence-corrected chi connectivity index (χ1v) is 8.30. The second-order valence-electron chi connectivity index (χ2n) is 6.50. The lowest BCUT2D eigenvalue weighted by Crippen LogP contribution is -2.52. The van der Waals surface area contributed by atoms with Crippen LogP contribution in [0.4, 0.5) is 0 Å². The minimum atomic E-state index is -0.559. The summed E-state index contributed by atoms with van der Waals surface area (Å²) >= 11 is 0. The Morgan fingerprint density at radius 3 is 2.79 bits per heavy atom. The molecule has 1 unspecified atom stereocenters. The van der Waals surface area contributed by atoms with Gasteiger partial charge in [-0.05, 0) is 36.6 Å². The summed E-state index contributed by atoms with van der Waals surface area (Å²) in [6.07, 6.45) is 3.85. The van der Waals surface area contributed by atoms with Gasteiger partial charge in [0.1, 0.15) is 6.04 Å². The van der Waals surface area contributed by atoms with Crippen LogP contribution in [0.3, 0.4) is 0 Å². The van der Waals surface area contributed by atoms with E-state index in [2.05, 4.69) is 16.7 Å². The van der Waals surface area contributed by atoms with Crippen molar-refractivity contribution in [1.82, 2.24) is 15.5 Å². The molecule has 24 heavy (non-hydrogen) atoms. The highest BCUT2D eigenvalue weighted by Crippen LogP contribution is 2.31. The fourth-order valence-electron chi connectivity index (χ4n) is 3.67. The second kappa shape index (κ2) is 5.87. The Morgan fingerprint density at radius 1 is 1.17 bits per heavy atom. The normalized spacial score (nSPS) is 25.3. The zero-order valence-electron chi connectivity index (χ0n) is 13.3. The van der Waals surface area contributed by atoms with Gasteiger partial charge in [-0.25, -0.2) is 0 Å². The summed E-state index contributed by atoms with van der Waals surface area (Å²) in [6, 6.07) is 5.17. The van der Waals surface area contributed by atoms with Gasteiger partial charge < -0.3 is 10.2 Å². The van der Waals surface area contributed by atoms with Crippen molar-refractivity contribution < 1.29 is 14.4 Å². The lowest BCUT2D eigenvalue weighted by Gasteiger charge is -2.29. The largest absolute Gasteiger partial charge is 0.322 e. The monoisotopic (exact) mass is 325 g/mol. The molecule has 0 spiro atoms. The number of nitrogens with one attached hydrogen (secondary N) is 2. The standard InChI is InChI=1S/C18H19N3O3/c22-16-5-4-15(17(23)20-16)21-10-14-12(8-11-6-7-19-9-11)2-1-3-13(14)18(21)24/h1-3,8,15,19H,4-7,9-10H2,(H,20,22,23)/b11-8+. The number of hydrogen-bond donors (Lipinski definition) is 2. The van der Waals surface area contributed by atoms with Gasteiger partial charge in [-0.3, -0.25) is 19.7 Å². The molecule has 2 N–H and O–H groups in total. The van der Waals surface area contributed by atoms with Crippen LogP contribution < -0.4 is 10.6 Å². The van der Waals surface area contributed by atoms with E-state index in [1.54, 1.807) is 4.90 Å². The maximum absolute atomic E-state index is 12.7. The topological polar surface area (TPSA) is 78.5 Å². The number of rotatable bonds is 2. The number of amides is 3. The van der Waals surface area contributed by atoms with Gasteiger partial charge in [-0.15, -0.1) is 0 Å². The van der Waals surface area contributed by atoms with Crippen molar-refractivity contribution in [3.8, 4) is 0 Å². The summed E-state index contributed by atoms with van der Waals surface area (Å²) < 4.78 is 0. The summed E-state index contributed by atoms with van der Waals surface area (Å²) in [5.41, 5.74) is 4.02. The van der Waals surface area contributed by atoms with Crippen LogP contribution >= 0.6 is 0 Å². The highest BCUT2D eigenvalue weighted by molar-refractivity contribution is 6.05. The summed E-state index contributed by atoms with van der Waals surface area (Å²) in [6.45, 7) is 2.30. The van der Waals surface area contributed by atoms with E-state index in [0.717, 1.165) is 30.6 Å². The maximum Gasteiger partial charge on any atom is 0.255 e. The Labute approximate surface area is 139 Å². The molecule has 1 aromatic carbocycles. The van der Waals surface area contributed by atoms with Crippen molar-refractivity contribution in [3.63, 3.8) is 0 Å². The molecular formula is C18H19N3O3. The van der Waals surface area contributed by atoms with Gasteiger partial charge in [0.15, 0.2) is 0 Å². The lowest BCUT2D eigenvalue weighted by atomic mass is 10.0. The van der Waals surface area contributed by atoms with Gasteiger partial charge in [0.05, 0.1) is 0 Å². The summed E-state index contributed by atoms with van der Waals surface area (Å²) in [7, 11) is 0. The molecule has 0 bridgehead atoms. The third kappa shape index (κ3) is 2.53. The Kier molecular flexibility index (Phi) is 3.69. The fourth-order valence-corrected chi connectivity index (χ4v) is 3.67. The molecule has 0 aromatic heterocycles. The summed E-state index contributed by atoms with van der Waals surface area (Å²) in [5.74, 6) is -0.754. The van der Waals surface area contributed by atoms with E-state index in [0.29, 0.717) is 18.5 Å². The fraction of sp³-hybridized carbons (Fsp3) is 0.389. The predicted molar refractivity (Wildman–Crippen MR) is 88.0 cm³/mol. The number of carbonyl (C=O) groups is 3. The SMILES string of the molecule is O=C1CCC(N2Cc3c(/C=C4\CCNC4)cccc3C2=O)C(=O)N1. The molecule has 1 atom stereocenters. The first-order valence-electron chi connectivity index (χ1n) is 8.30. The van der Waals surface area contributed by atoms with Crippen LogP contribution in [0.25, 0.3) is 6.08 Å². The van der Waals surface area contributed by atoms with Crippen molar-refractivity contribution in [3.05, 3.63) is 40.5 Å². The molecule has 3 amide bonds. The van der Waals surface area contributed by atoms with E-state index in [9.17, 15) is 14.4 Å². The number of imide groups is 1. The number of benzene rings is 1. The summed E-state index contributed by atoms with van der Waals surface area (Å²) in [5, 5.41) is 5.64. The molecule has 0 aliphatic carbocycles. The maximum atomic E-state index is 12.7. The average molecular weight is 325 g/mol. The first kappa shape index (κ1) is 15.1. The minimum Gasteiger partial charge on any atom is -0.322 e. The first-order chi connectivity index (χ1) is 11.6. The van der Waals surface area contributed by atoms with Crippen molar-refractivity contribution in [2.45, 2.75) is 31.8 Å². The van der Waals surface area contributed by atoms with Crippen LogP contribution in [0.2, 0.25) is 0 Å². The van der Waals surface area contributed by atoms with Crippen molar-refractivity contribution in [2.24, 2.45) is 0 Å². The van der Waals surface area contributed by atoms with Gasteiger partial charge in [0.25, 0.3) is 5.91 Å². The molecule has 3 aliphatic heterocycles. The molecule has 4 rings (SSSR count). The van der Waals surface area contributed by atoms with E-state index in [4.69, 9.17) is 0 Å². The zero-order valence-corrected chi connectivity index (χ0v) is 13.3. The zero-order chi connectivity index (χ0) is 16.7. The smallest absolute Gasteiger partial charge is 0.255 e. The van der Waals surface area contributed by atoms with Crippen LogP contribution in [0.5, 0.6) is 0 Å². The Balaban J connectivity index is 1.63. The van der Waals surface area contributed by atoms with Gasteiger partial charge >= 0.3 is 0 Å². The van der Waals surface area contributed by atoms with Crippen LogP contribution in [0.15, 0.2) is 23.8 Å². The Morgan fingerprint density at radius 2 is 2.04 bits per heavy atom. The highest BCUT2D eigenvalue weighted by atomic mass is 16.2. The van der Waals surface area contributed by atoms with E-state index < -0.39 is 6.04 Å². The van der Waals surface area contributed by atoms with Crippen LogP contribution in [0, 0.1) is 0 Å². The number of piperidine rings is 1. The van der Waals surface area contributed by atoms with E-state index in [-0.39, 0.29) is 24.1 Å². The van der Waals surface area contributed by atoms with Gasteiger partial charge in [0, 0.05) is 25.1 Å². The summed E-state index contributed by atoms with van der Waals surface area (Å²) in [4.78, 5) is 37.8. The molecule has 3 heterocycles. The third-order valence-electron chi connectivity index (χ3n) is 4.95. The molecule has 3 aliphatic rings. The molecule has 2 saturated heterocycles. The minimum absolute atomic E-state index is 0.121.